The summed E-state index contributed by atoms with van der Waals surface area (Å²) in [6.07, 6.45) is 2.44. The Morgan fingerprint density at radius 2 is 2.08 bits per heavy atom. The highest BCUT2D eigenvalue weighted by Gasteiger charge is 2.13. The van der Waals surface area contributed by atoms with E-state index in [1.807, 2.05) is 0 Å². The summed E-state index contributed by atoms with van der Waals surface area (Å²) >= 11 is 4.61. The van der Waals surface area contributed by atoms with Crippen LogP contribution in [-0.4, -0.2) is 14.3 Å². The van der Waals surface area contributed by atoms with Gasteiger partial charge >= 0.3 is 0 Å². The smallest absolute Gasteiger partial charge is 0.208 e. The second kappa shape index (κ2) is 7.88. The average Bonchev–Trinajstić information content (AvgIpc) is 2.98. The molecule has 8 heteroatoms. The fourth-order valence-corrected chi connectivity index (χ4v) is 3.00. The Bertz CT molecular complexity index is 871. The van der Waals surface area contributed by atoms with Gasteiger partial charge in [-0.1, -0.05) is 26.0 Å². The molecule has 0 radical (unpaired) electrons. The van der Waals surface area contributed by atoms with Crippen molar-refractivity contribution in [1.29, 1.82) is 0 Å². The van der Waals surface area contributed by atoms with Crippen molar-refractivity contribution in [2.75, 3.05) is 5.32 Å². The average molecular weight is 423 g/mol. The van der Waals surface area contributed by atoms with Crippen LogP contribution in [0.1, 0.15) is 19.7 Å². The number of rotatable bonds is 6. The maximum absolute atomic E-state index is 13.9. The van der Waals surface area contributed by atoms with E-state index in [4.69, 9.17) is 4.74 Å². The molecular formula is C17H16BrFN4OS. The maximum Gasteiger partial charge on any atom is 0.208 e. The van der Waals surface area contributed by atoms with Gasteiger partial charge in [0.25, 0.3) is 0 Å². The van der Waals surface area contributed by atoms with Crippen molar-refractivity contribution in [2.45, 2.75) is 20.3 Å². The summed E-state index contributed by atoms with van der Waals surface area (Å²) in [5.41, 5.74) is 0. The topological polar surface area (TPSA) is 59.9 Å². The molecule has 2 heterocycles. The molecule has 2 aromatic heterocycles. The summed E-state index contributed by atoms with van der Waals surface area (Å²) in [5, 5.41) is 3.71. The van der Waals surface area contributed by atoms with Crippen molar-refractivity contribution in [1.82, 2.24) is 14.3 Å². The standard InChI is InChI=1S/C17H16BrFN4OS/c1-10(2)7-15-21-17(25-23-15)22-16-14(8-11(18)9-20-16)24-13-6-4-3-5-12(13)19/h3-6,8-10H,7H2,1-2H3,(H,20,21,22,23). The molecule has 0 spiro atoms. The molecule has 0 amide bonds. The van der Waals surface area contributed by atoms with Gasteiger partial charge in [-0.25, -0.2) is 14.4 Å². The summed E-state index contributed by atoms with van der Waals surface area (Å²) in [6, 6.07) is 7.94. The third-order valence-corrected chi connectivity index (χ3v) is 4.26. The SMILES string of the molecule is CC(C)Cc1nsc(Nc2ncc(Br)cc2Oc2ccccc2F)n1. The minimum atomic E-state index is -0.441. The van der Waals surface area contributed by atoms with Crippen molar-refractivity contribution in [2.24, 2.45) is 5.92 Å². The first-order valence-corrected chi connectivity index (χ1v) is 9.25. The zero-order chi connectivity index (χ0) is 17.8. The summed E-state index contributed by atoms with van der Waals surface area (Å²) in [5.74, 6) is 1.79. The number of para-hydroxylation sites is 1. The molecule has 3 rings (SSSR count). The molecule has 5 nitrogen and oxygen atoms in total. The van der Waals surface area contributed by atoms with Crippen LogP contribution < -0.4 is 10.1 Å². The summed E-state index contributed by atoms with van der Waals surface area (Å²) in [4.78, 5) is 8.75. The zero-order valence-electron chi connectivity index (χ0n) is 13.7. The number of ether oxygens (including phenoxy) is 1. The van der Waals surface area contributed by atoms with Crippen LogP contribution in [-0.2, 0) is 6.42 Å². The summed E-state index contributed by atoms with van der Waals surface area (Å²) in [7, 11) is 0. The molecule has 0 bridgehead atoms. The fourth-order valence-electron chi connectivity index (χ4n) is 2.09. The van der Waals surface area contributed by atoms with Gasteiger partial charge in [0.05, 0.1) is 0 Å². The van der Waals surface area contributed by atoms with Gasteiger partial charge in [0.15, 0.2) is 23.1 Å². The quantitative estimate of drug-likeness (QED) is 0.562. The second-order valence-electron chi connectivity index (χ2n) is 5.77. The van der Waals surface area contributed by atoms with Gasteiger partial charge in [0, 0.05) is 34.7 Å². The molecule has 1 N–H and O–H groups in total. The van der Waals surface area contributed by atoms with Gasteiger partial charge in [0.1, 0.15) is 5.82 Å². The lowest BCUT2D eigenvalue weighted by Crippen LogP contribution is -1.99. The van der Waals surface area contributed by atoms with Crippen LogP contribution in [0.5, 0.6) is 11.5 Å². The van der Waals surface area contributed by atoms with Crippen LogP contribution in [0.2, 0.25) is 0 Å². The van der Waals surface area contributed by atoms with Crippen LogP contribution >= 0.6 is 27.5 Å². The summed E-state index contributed by atoms with van der Waals surface area (Å²) < 4.78 is 24.6. The van der Waals surface area contributed by atoms with Crippen molar-refractivity contribution in [3.8, 4) is 11.5 Å². The molecule has 0 saturated carbocycles. The predicted molar refractivity (Wildman–Crippen MR) is 100 cm³/mol. The second-order valence-corrected chi connectivity index (χ2v) is 7.44. The Balaban J connectivity index is 1.84. The first-order chi connectivity index (χ1) is 12.0. The van der Waals surface area contributed by atoms with Crippen LogP contribution in [0.4, 0.5) is 15.3 Å². The van der Waals surface area contributed by atoms with E-state index < -0.39 is 5.82 Å². The van der Waals surface area contributed by atoms with Crippen molar-refractivity contribution in [3.05, 3.63) is 52.6 Å². The molecule has 0 aliphatic rings. The Kier molecular flexibility index (Phi) is 5.60. The van der Waals surface area contributed by atoms with Crippen LogP contribution in [0.25, 0.3) is 0 Å². The third-order valence-electron chi connectivity index (χ3n) is 3.16. The van der Waals surface area contributed by atoms with Gasteiger partial charge in [-0.15, -0.1) is 0 Å². The molecule has 0 unspecified atom stereocenters. The van der Waals surface area contributed by atoms with Crippen LogP contribution in [0.15, 0.2) is 41.0 Å². The lowest BCUT2D eigenvalue weighted by molar-refractivity contribution is 0.442. The van der Waals surface area contributed by atoms with Crippen molar-refractivity contribution in [3.63, 3.8) is 0 Å². The first-order valence-electron chi connectivity index (χ1n) is 7.69. The highest BCUT2D eigenvalue weighted by Crippen LogP contribution is 2.33. The number of halogens is 2. The van der Waals surface area contributed by atoms with Crippen molar-refractivity contribution < 1.29 is 9.13 Å². The highest BCUT2D eigenvalue weighted by atomic mass is 79.9. The van der Waals surface area contributed by atoms with E-state index in [1.54, 1.807) is 30.5 Å². The van der Waals surface area contributed by atoms with Gasteiger partial charge in [0.2, 0.25) is 5.13 Å². The molecular weight excluding hydrogens is 407 g/mol. The number of aromatic nitrogens is 3. The molecule has 0 aliphatic heterocycles. The van der Waals surface area contributed by atoms with E-state index in [9.17, 15) is 4.39 Å². The lowest BCUT2D eigenvalue weighted by atomic mass is 10.1. The predicted octanol–water partition coefficient (Wildman–Crippen LogP) is 5.57. The highest BCUT2D eigenvalue weighted by molar-refractivity contribution is 9.10. The molecule has 0 atom stereocenters. The van der Waals surface area contributed by atoms with E-state index in [0.29, 0.717) is 22.6 Å². The molecule has 3 aromatic rings. The fraction of sp³-hybridized carbons (Fsp3) is 0.235. The monoisotopic (exact) mass is 422 g/mol. The van der Waals surface area contributed by atoms with Crippen LogP contribution in [0.3, 0.4) is 0 Å². The van der Waals surface area contributed by atoms with Gasteiger partial charge in [-0.3, -0.25) is 0 Å². The minimum Gasteiger partial charge on any atom is -0.450 e. The number of hydrogen-bond acceptors (Lipinski definition) is 6. The Labute approximate surface area is 157 Å². The molecule has 0 saturated heterocycles. The van der Waals surface area contributed by atoms with Gasteiger partial charge < -0.3 is 10.1 Å². The minimum absolute atomic E-state index is 0.128. The number of hydrogen-bond donors (Lipinski definition) is 1. The Hall–Kier alpha value is -2.06. The third kappa shape index (κ3) is 4.73. The van der Waals surface area contributed by atoms with E-state index >= 15 is 0 Å². The van der Waals surface area contributed by atoms with E-state index in [-0.39, 0.29) is 5.75 Å². The van der Waals surface area contributed by atoms with E-state index in [1.165, 1.54) is 17.6 Å². The molecule has 1 aromatic carbocycles. The van der Waals surface area contributed by atoms with E-state index in [0.717, 1.165) is 16.7 Å². The number of pyridine rings is 1. The number of nitrogens with one attached hydrogen (secondary N) is 1. The van der Waals surface area contributed by atoms with Gasteiger partial charge in [-0.05, 0) is 34.0 Å². The molecule has 130 valence electrons. The molecule has 0 aliphatic carbocycles. The number of benzene rings is 1. The van der Waals surface area contributed by atoms with Gasteiger partial charge in [-0.2, -0.15) is 4.37 Å². The van der Waals surface area contributed by atoms with E-state index in [2.05, 4.69) is 49.4 Å². The number of anilines is 2. The normalized spacial score (nSPS) is 10.9. The zero-order valence-corrected chi connectivity index (χ0v) is 16.1. The largest absolute Gasteiger partial charge is 0.450 e. The Morgan fingerprint density at radius 1 is 1.28 bits per heavy atom. The lowest BCUT2D eigenvalue weighted by Gasteiger charge is -2.11. The first kappa shape index (κ1) is 17.8. The Morgan fingerprint density at radius 3 is 2.84 bits per heavy atom. The summed E-state index contributed by atoms with van der Waals surface area (Å²) in [6.45, 7) is 4.23. The number of nitrogens with zero attached hydrogens (tertiary/aromatic N) is 3. The molecule has 0 fully saturated rings. The van der Waals surface area contributed by atoms with Crippen LogP contribution in [0, 0.1) is 11.7 Å². The molecule has 25 heavy (non-hydrogen) atoms. The maximum atomic E-state index is 13.9. The van der Waals surface area contributed by atoms with Crippen molar-refractivity contribution >= 4 is 38.4 Å².